The fourth-order valence-electron chi connectivity index (χ4n) is 2.11. The number of anilines is 1. The van der Waals surface area contributed by atoms with Crippen LogP contribution in [0.25, 0.3) is 0 Å². The lowest BCUT2D eigenvalue weighted by molar-refractivity contribution is -0.127. The van der Waals surface area contributed by atoms with E-state index in [0.29, 0.717) is 6.42 Å². The van der Waals surface area contributed by atoms with E-state index >= 15 is 0 Å². The van der Waals surface area contributed by atoms with Crippen LogP contribution in [0, 0.1) is 5.82 Å². The quantitative estimate of drug-likeness (QED) is 0.797. The van der Waals surface area contributed by atoms with Gasteiger partial charge in [0.05, 0.1) is 16.5 Å². The molecular weight excluding hydrogens is 335 g/mol. The number of benzene rings is 1. The maximum Gasteiger partial charge on any atom is 0.233 e. The lowest BCUT2D eigenvalue weighted by Crippen LogP contribution is -2.37. The van der Waals surface area contributed by atoms with Crippen LogP contribution >= 0.6 is 11.6 Å². The van der Waals surface area contributed by atoms with E-state index in [1.807, 2.05) is 0 Å². The summed E-state index contributed by atoms with van der Waals surface area (Å²) in [6.07, 6.45) is -0.102. The Morgan fingerprint density at radius 1 is 1.32 bits per heavy atom. The van der Waals surface area contributed by atoms with Crippen LogP contribution in [0.15, 0.2) is 18.2 Å². The fourth-order valence-corrected chi connectivity index (χ4v) is 3.97. The molecule has 0 radical (unpaired) electrons. The minimum Gasteiger partial charge on any atom is -0.352 e. The molecule has 120 valence electrons. The monoisotopic (exact) mass is 348 g/mol. The summed E-state index contributed by atoms with van der Waals surface area (Å²) in [6, 6.07) is 3.20. The Bertz CT molecular complexity index is 708. The predicted molar refractivity (Wildman–Crippen MR) is 79.9 cm³/mol. The minimum absolute atomic E-state index is 0.0399. The van der Waals surface area contributed by atoms with Crippen molar-refractivity contribution < 1.29 is 22.4 Å². The summed E-state index contributed by atoms with van der Waals surface area (Å²) >= 11 is 5.58. The van der Waals surface area contributed by atoms with E-state index in [2.05, 4.69) is 10.6 Å². The van der Waals surface area contributed by atoms with E-state index in [1.54, 1.807) is 0 Å². The first-order chi connectivity index (χ1) is 10.2. The third kappa shape index (κ3) is 4.67. The third-order valence-corrected chi connectivity index (χ3v) is 5.18. The SMILES string of the molecule is O=C(CC(=O)NC1CCS(=O)(=O)C1)Nc1ccc(F)c(Cl)c1. The van der Waals surface area contributed by atoms with Crippen molar-refractivity contribution in [2.24, 2.45) is 0 Å². The van der Waals surface area contributed by atoms with Crippen molar-refractivity contribution in [3.63, 3.8) is 0 Å². The van der Waals surface area contributed by atoms with E-state index in [1.165, 1.54) is 12.1 Å². The van der Waals surface area contributed by atoms with Crippen molar-refractivity contribution in [2.45, 2.75) is 18.9 Å². The van der Waals surface area contributed by atoms with Crippen molar-refractivity contribution in [1.29, 1.82) is 0 Å². The number of carbonyl (C=O) groups excluding carboxylic acids is 2. The first-order valence-corrected chi connectivity index (χ1v) is 8.70. The summed E-state index contributed by atoms with van der Waals surface area (Å²) in [5.74, 6) is -1.83. The number of nitrogens with one attached hydrogen (secondary N) is 2. The van der Waals surface area contributed by atoms with Crippen LogP contribution < -0.4 is 10.6 Å². The zero-order valence-corrected chi connectivity index (χ0v) is 13.0. The Morgan fingerprint density at radius 2 is 2.05 bits per heavy atom. The van der Waals surface area contributed by atoms with Gasteiger partial charge in [-0.3, -0.25) is 9.59 Å². The topological polar surface area (TPSA) is 92.3 Å². The Labute approximate surface area is 131 Å². The molecule has 1 aliphatic rings. The molecule has 0 spiro atoms. The molecule has 2 N–H and O–H groups in total. The van der Waals surface area contributed by atoms with Gasteiger partial charge in [-0.1, -0.05) is 11.6 Å². The van der Waals surface area contributed by atoms with Gasteiger partial charge in [-0.15, -0.1) is 0 Å². The zero-order valence-electron chi connectivity index (χ0n) is 11.4. The second-order valence-electron chi connectivity index (χ2n) is 5.02. The Kier molecular flexibility index (Phi) is 5.02. The maximum atomic E-state index is 13.0. The van der Waals surface area contributed by atoms with E-state index < -0.39 is 39.9 Å². The van der Waals surface area contributed by atoms with Gasteiger partial charge in [-0.2, -0.15) is 0 Å². The van der Waals surface area contributed by atoms with E-state index in [9.17, 15) is 22.4 Å². The highest BCUT2D eigenvalue weighted by Crippen LogP contribution is 2.19. The van der Waals surface area contributed by atoms with Crippen LogP contribution in [0.2, 0.25) is 5.02 Å². The molecule has 1 aliphatic heterocycles. The molecule has 1 heterocycles. The molecule has 1 saturated heterocycles. The summed E-state index contributed by atoms with van der Waals surface area (Å²) in [5, 5.41) is 4.78. The molecule has 1 aromatic rings. The van der Waals surface area contributed by atoms with Gasteiger partial charge in [0.1, 0.15) is 12.2 Å². The lowest BCUT2D eigenvalue weighted by Gasteiger charge is -2.11. The Morgan fingerprint density at radius 3 is 2.64 bits per heavy atom. The highest BCUT2D eigenvalue weighted by atomic mass is 35.5. The summed E-state index contributed by atoms with van der Waals surface area (Å²) in [4.78, 5) is 23.4. The third-order valence-electron chi connectivity index (χ3n) is 3.12. The van der Waals surface area contributed by atoms with Gasteiger partial charge < -0.3 is 10.6 Å². The van der Waals surface area contributed by atoms with E-state index in [0.717, 1.165) is 6.07 Å². The van der Waals surface area contributed by atoms with Gasteiger partial charge in [0.25, 0.3) is 0 Å². The molecule has 1 atom stereocenters. The van der Waals surface area contributed by atoms with Gasteiger partial charge in [0.15, 0.2) is 9.84 Å². The number of amides is 2. The van der Waals surface area contributed by atoms with Crippen molar-refractivity contribution >= 4 is 38.9 Å². The smallest absolute Gasteiger partial charge is 0.233 e. The van der Waals surface area contributed by atoms with Crippen LogP contribution in [0.3, 0.4) is 0 Å². The van der Waals surface area contributed by atoms with Gasteiger partial charge in [-0.05, 0) is 24.6 Å². The number of hydrogen-bond donors (Lipinski definition) is 2. The van der Waals surface area contributed by atoms with Crippen LogP contribution in [0.1, 0.15) is 12.8 Å². The second-order valence-corrected chi connectivity index (χ2v) is 7.66. The molecule has 6 nitrogen and oxygen atoms in total. The Balaban J connectivity index is 1.84. The van der Waals surface area contributed by atoms with Crippen LogP contribution in [0.4, 0.5) is 10.1 Å². The fraction of sp³-hybridized carbons (Fsp3) is 0.385. The molecule has 1 fully saturated rings. The van der Waals surface area contributed by atoms with Gasteiger partial charge in [0.2, 0.25) is 11.8 Å². The molecule has 1 aromatic carbocycles. The minimum atomic E-state index is -3.09. The first kappa shape index (κ1) is 16.7. The van der Waals surface area contributed by atoms with Crippen LogP contribution in [-0.4, -0.2) is 37.8 Å². The molecule has 9 heteroatoms. The molecule has 0 bridgehead atoms. The molecule has 1 unspecified atom stereocenters. The molecule has 2 rings (SSSR count). The van der Waals surface area contributed by atoms with E-state index in [-0.39, 0.29) is 22.2 Å². The van der Waals surface area contributed by atoms with Crippen LogP contribution in [-0.2, 0) is 19.4 Å². The molecule has 0 aliphatic carbocycles. The van der Waals surface area contributed by atoms with Crippen molar-refractivity contribution in [3.05, 3.63) is 29.0 Å². The standard InChI is InChI=1S/C13H14ClFN2O4S/c14-10-5-8(1-2-11(10)15)16-12(18)6-13(19)17-9-3-4-22(20,21)7-9/h1-2,5,9H,3-4,6-7H2,(H,16,18)(H,17,19). The number of halogens is 2. The molecule has 2 amide bonds. The largest absolute Gasteiger partial charge is 0.352 e. The van der Waals surface area contributed by atoms with Gasteiger partial charge >= 0.3 is 0 Å². The zero-order chi connectivity index (χ0) is 16.3. The molecule has 0 saturated carbocycles. The van der Waals surface area contributed by atoms with Crippen molar-refractivity contribution in [2.75, 3.05) is 16.8 Å². The average molecular weight is 349 g/mol. The average Bonchev–Trinajstić information content (AvgIpc) is 2.72. The number of carbonyl (C=O) groups is 2. The number of sulfone groups is 1. The summed E-state index contributed by atoms with van der Waals surface area (Å²) in [5.41, 5.74) is 0.271. The van der Waals surface area contributed by atoms with Gasteiger partial charge in [-0.25, -0.2) is 12.8 Å². The van der Waals surface area contributed by atoms with E-state index in [4.69, 9.17) is 11.6 Å². The Hall–Kier alpha value is -1.67. The maximum absolute atomic E-state index is 13.0. The van der Waals surface area contributed by atoms with Crippen molar-refractivity contribution in [1.82, 2.24) is 5.32 Å². The van der Waals surface area contributed by atoms with Crippen molar-refractivity contribution in [3.8, 4) is 0 Å². The number of hydrogen-bond acceptors (Lipinski definition) is 4. The predicted octanol–water partition coefficient (Wildman–Crippen LogP) is 1.11. The summed E-state index contributed by atoms with van der Waals surface area (Å²) in [7, 11) is -3.09. The highest BCUT2D eigenvalue weighted by molar-refractivity contribution is 7.91. The lowest BCUT2D eigenvalue weighted by atomic mass is 10.2. The summed E-state index contributed by atoms with van der Waals surface area (Å²) in [6.45, 7) is 0. The molecule has 0 aromatic heterocycles. The second kappa shape index (κ2) is 6.62. The first-order valence-electron chi connectivity index (χ1n) is 6.50. The highest BCUT2D eigenvalue weighted by Gasteiger charge is 2.29. The number of rotatable bonds is 4. The molecule has 22 heavy (non-hydrogen) atoms. The molecular formula is C13H14ClFN2O4S. The van der Waals surface area contributed by atoms with Gasteiger partial charge in [0, 0.05) is 11.7 Å². The normalized spacial score (nSPS) is 19.6. The summed E-state index contributed by atoms with van der Waals surface area (Å²) < 4.78 is 35.5. The van der Waals surface area contributed by atoms with Crippen LogP contribution in [0.5, 0.6) is 0 Å².